The molecule has 0 amide bonds. The predicted octanol–water partition coefficient (Wildman–Crippen LogP) is 0.224. The first-order chi connectivity index (χ1) is 4.74. The molecule has 0 saturated carbocycles. The van der Waals surface area contributed by atoms with Crippen molar-refractivity contribution in [3.05, 3.63) is 21.6 Å². The lowest BCUT2D eigenvalue weighted by Gasteiger charge is -1.94. The van der Waals surface area contributed by atoms with Crippen LogP contribution in [0.3, 0.4) is 0 Å². The molecule has 0 atom stereocenters. The van der Waals surface area contributed by atoms with E-state index >= 15 is 0 Å². The van der Waals surface area contributed by atoms with Crippen LogP contribution in [0.1, 0.15) is 0 Å². The number of hydrogen-bond donors (Lipinski definition) is 3. The van der Waals surface area contributed by atoms with Crippen molar-refractivity contribution in [1.82, 2.24) is 9.97 Å². The van der Waals surface area contributed by atoms with E-state index in [4.69, 9.17) is 16.8 Å². The van der Waals surface area contributed by atoms with Crippen LogP contribution >= 0.6 is 11.6 Å². The molecule has 1 aromatic rings. The molecule has 54 valence electrons. The molecular weight excluding hydrogens is 158 g/mol. The molecule has 3 N–H and O–H groups in total. The molecule has 0 aliphatic heterocycles. The Bertz CT molecular complexity index is 284. The van der Waals surface area contributed by atoms with Crippen molar-refractivity contribution in [2.75, 3.05) is 5.48 Å². The highest BCUT2D eigenvalue weighted by Crippen LogP contribution is 1.97. The van der Waals surface area contributed by atoms with Gasteiger partial charge in [-0.15, -0.1) is 0 Å². The highest BCUT2D eigenvalue weighted by atomic mass is 35.5. The van der Waals surface area contributed by atoms with Crippen LogP contribution in [0, 0.1) is 0 Å². The van der Waals surface area contributed by atoms with Gasteiger partial charge < -0.3 is 0 Å². The van der Waals surface area contributed by atoms with Gasteiger partial charge in [-0.1, -0.05) is 11.6 Å². The second kappa shape index (κ2) is 2.68. The topological polar surface area (TPSA) is 78.0 Å². The van der Waals surface area contributed by atoms with Crippen LogP contribution < -0.4 is 11.0 Å². The molecule has 0 aliphatic carbocycles. The monoisotopic (exact) mass is 161 g/mol. The van der Waals surface area contributed by atoms with Crippen molar-refractivity contribution in [3.63, 3.8) is 0 Å². The van der Waals surface area contributed by atoms with Gasteiger partial charge in [-0.05, 0) is 0 Å². The number of nitrogens with one attached hydrogen (secondary N) is 2. The van der Waals surface area contributed by atoms with Gasteiger partial charge in [0.25, 0.3) is 5.56 Å². The molecule has 0 saturated heterocycles. The zero-order valence-electron chi connectivity index (χ0n) is 4.76. The maximum atomic E-state index is 10.6. The lowest BCUT2D eigenvalue weighted by atomic mass is 10.6. The van der Waals surface area contributed by atoms with Crippen LogP contribution in [-0.2, 0) is 0 Å². The lowest BCUT2D eigenvalue weighted by Crippen LogP contribution is -2.10. The number of H-pyrrole nitrogens is 1. The van der Waals surface area contributed by atoms with Crippen LogP contribution in [0.5, 0.6) is 0 Å². The van der Waals surface area contributed by atoms with Crippen LogP contribution in [0.25, 0.3) is 0 Å². The van der Waals surface area contributed by atoms with Crippen LogP contribution in [0.4, 0.5) is 5.95 Å². The quantitative estimate of drug-likeness (QED) is 0.515. The number of aromatic nitrogens is 2. The zero-order chi connectivity index (χ0) is 7.56. The first-order valence-electron chi connectivity index (χ1n) is 2.39. The Kier molecular flexibility index (Phi) is 1.88. The summed E-state index contributed by atoms with van der Waals surface area (Å²) in [4.78, 5) is 16.3. The fourth-order valence-corrected chi connectivity index (χ4v) is 0.532. The fourth-order valence-electron chi connectivity index (χ4n) is 0.436. The maximum absolute atomic E-state index is 10.6. The Hall–Kier alpha value is -1.07. The number of anilines is 1. The molecule has 0 aromatic carbocycles. The van der Waals surface area contributed by atoms with Gasteiger partial charge in [-0.3, -0.25) is 15.0 Å². The molecular formula is C4H4ClN3O2. The van der Waals surface area contributed by atoms with E-state index in [-0.39, 0.29) is 11.0 Å². The van der Waals surface area contributed by atoms with Gasteiger partial charge in [-0.2, -0.15) is 0 Å². The number of halogens is 1. The van der Waals surface area contributed by atoms with E-state index in [2.05, 4.69) is 9.97 Å². The second-order valence-corrected chi connectivity index (χ2v) is 1.93. The summed E-state index contributed by atoms with van der Waals surface area (Å²) in [7, 11) is 0. The highest BCUT2D eigenvalue weighted by molar-refractivity contribution is 6.30. The standard InChI is InChI=1S/C4H4ClN3O2/c5-2-1-6-4(8-10)7-3(2)9/h1,10H,(H2,6,7,8,9). The minimum Gasteiger partial charge on any atom is -0.290 e. The Morgan fingerprint density at radius 3 is 3.00 bits per heavy atom. The number of hydrogen-bond acceptors (Lipinski definition) is 4. The summed E-state index contributed by atoms with van der Waals surface area (Å²) < 4.78 is 0. The van der Waals surface area contributed by atoms with Crippen molar-refractivity contribution in [3.8, 4) is 0 Å². The van der Waals surface area contributed by atoms with Gasteiger partial charge in [0.1, 0.15) is 5.02 Å². The zero-order valence-corrected chi connectivity index (χ0v) is 5.51. The normalized spacial score (nSPS) is 9.40. The summed E-state index contributed by atoms with van der Waals surface area (Å²) in [5.41, 5.74) is 1.18. The first-order valence-corrected chi connectivity index (χ1v) is 2.77. The molecule has 1 aromatic heterocycles. The van der Waals surface area contributed by atoms with Crippen molar-refractivity contribution in [2.45, 2.75) is 0 Å². The van der Waals surface area contributed by atoms with Gasteiger partial charge in [0.15, 0.2) is 0 Å². The van der Waals surface area contributed by atoms with E-state index in [1.807, 2.05) is 0 Å². The minimum atomic E-state index is -0.492. The van der Waals surface area contributed by atoms with Crippen LogP contribution in [0.2, 0.25) is 5.02 Å². The first kappa shape index (κ1) is 7.04. The summed E-state index contributed by atoms with van der Waals surface area (Å²) in [5.74, 6) is -0.0330. The van der Waals surface area contributed by atoms with E-state index in [1.54, 1.807) is 5.48 Å². The SMILES string of the molecule is O=c1[nH]c(NO)ncc1Cl. The predicted molar refractivity (Wildman–Crippen MR) is 35.3 cm³/mol. The van der Waals surface area contributed by atoms with Gasteiger partial charge in [0.05, 0.1) is 6.20 Å². The minimum absolute atomic E-state index is 0.0148. The molecule has 6 heteroatoms. The van der Waals surface area contributed by atoms with E-state index in [0.717, 1.165) is 6.20 Å². The van der Waals surface area contributed by atoms with E-state index in [0.29, 0.717) is 0 Å². The van der Waals surface area contributed by atoms with Gasteiger partial charge in [0, 0.05) is 0 Å². The molecule has 0 bridgehead atoms. The summed E-state index contributed by atoms with van der Waals surface area (Å²) in [6, 6.07) is 0. The second-order valence-electron chi connectivity index (χ2n) is 1.52. The Balaban J connectivity index is 3.17. The van der Waals surface area contributed by atoms with E-state index < -0.39 is 5.56 Å². The van der Waals surface area contributed by atoms with Crippen molar-refractivity contribution in [2.24, 2.45) is 0 Å². The van der Waals surface area contributed by atoms with Gasteiger partial charge >= 0.3 is 0 Å². The van der Waals surface area contributed by atoms with Crippen LogP contribution in [-0.4, -0.2) is 15.2 Å². The van der Waals surface area contributed by atoms with Crippen molar-refractivity contribution >= 4 is 17.5 Å². The third-order valence-electron chi connectivity index (χ3n) is 0.862. The summed E-state index contributed by atoms with van der Waals surface area (Å²) in [6.45, 7) is 0. The third-order valence-corrected chi connectivity index (χ3v) is 1.13. The highest BCUT2D eigenvalue weighted by Gasteiger charge is 1.95. The maximum Gasteiger partial charge on any atom is 0.271 e. The third kappa shape index (κ3) is 1.26. The molecule has 0 fully saturated rings. The van der Waals surface area contributed by atoms with Crippen molar-refractivity contribution in [1.29, 1.82) is 0 Å². The van der Waals surface area contributed by atoms with Gasteiger partial charge in [0.2, 0.25) is 5.95 Å². The molecule has 0 spiro atoms. The fraction of sp³-hybridized carbons (Fsp3) is 0. The molecule has 1 rings (SSSR count). The number of aromatic amines is 1. The van der Waals surface area contributed by atoms with Crippen molar-refractivity contribution < 1.29 is 5.21 Å². The van der Waals surface area contributed by atoms with E-state index in [1.165, 1.54) is 0 Å². The average molecular weight is 162 g/mol. The van der Waals surface area contributed by atoms with E-state index in [9.17, 15) is 4.79 Å². The number of rotatable bonds is 1. The Labute approximate surface area is 60.6 Å². The molecule has 0 unspecified atom stereocenters. The Morgan fingerprint density at radius 2 is 2.50 bits per heavy atom. The molecule has 0 radical (unpaired) electrons. The van der Waals surface area contributed by atoms with Crippen LogP contribution in [0.15, 0.2) is 11.0 Å². The Morgan fingerprint density at radius 1 is 1.80 bits per heavy atom. The molecule has 10 heavy (non-hydrogen) atoms. The smallest absolute Gasteiger partial charge is 0.271 e. The largest absolute Gasteiger partial charge is 0.290 e. The summed E-state index contributed by atoms with van der Waals surface area (Å²) in [6.07, 6.45) is 1.14. The average Bonchev–Trinajstić information content (AvgIpc) is 1.95. The molecule has 1 heterocycles. The molecule has 5 nitrogen and oxygen atoms in total. The summed E-state index contributed by atoms with van der Waals surface area (Å²) in [5, 5.41) is 8.21. The lowest BCUT2D eigenvalue weighted by molar-refractivity contribution is 0.382. The summed E-state index contributed by atoms with van der Waals surface area (Å²) >= 11 is 5.32. The van der Waals surface area contributed by atoms with Gasteiger partial charge in [-0.25, -0.2) is 10.5 Å². The number of nitrogens with zero attached hydrogens (tertiary/aromatic N) is 1. The molecule has 0 aliphatic rings.